The third-order valence-corrected chi connectivity index (χ3v) is 7.63. The van der Waals surface area contributed by atoms with Gasteiger partial charge in [-0.3, -0.25) is 0 Å². The fraction of sp³-hybridized carbons (Fsp3) is 0.720. The summed E-state index contributed by atoms with van der Waals surface area (Å²) >= 11 is 6.14. The van der Waals surface area contributed by atoms with Crippen molar-refractivity contribution in [3.63, 3.8) is 0 Å². The van der Waals surface area contributed by atoms with Gasteiger partial charge in [-0.25, -0.2) is 4.79 Å². The van der Waals surface area contributed by atoms with Gasteiger partial charge in [0, 0.05) is 5.92 Å². The molecule has 3 rings (SSSR count). The average Bonchev–Trinajstić information content (AvgIpc) is 3.11. The van der Waals surface area contributed by atoms with Crippen LogP contribution in [-0.2, 0) is 19.0 Å². The summed E-state index contributed by atoms with van der Waals surface area (Å²) < 4.78 is 18.2. The van der Waals surface area contributed by atoms with E-state index in [4.69, 9.17) is 25.8 Å². The van der Waals surface area contributed by atoms with Gasteiger partial charge in [0.15, 0.2) is 5.60 Å². The number of rotatable bonds is 7. The number of fused-ring (bicyclic) bond motifs is 3. The molecule has 3 fully saturated rings. The van der Waals surface area contributed by atoms with Crippen LogP contribution >= 0.6 is 11.6 Å². The van der Waals surface area contributed by atoms with Crippen molar-refractivity contribution in [1.82, 2.24) is 0 Å². The second kappa shape index (κ2) is 9.78. The molecule has 1 heterocycles. The van der Waals surface area contributed by atoms with Crippen LogP contribution in [0.15, 0.2) is 35.5 Å². The zero-order valence-electron chi connectivity index (χ0n) is 19.4. The smallest absolute Gasteiger partial charge is 0.340 e. The maximum absolute atomic E-state index is 12.8. The van der Waals surface area contributed by atoms with E-state index in [0.29, 0.717) is 19.6 Å². The molecule has 174 valence electrons. The maximum Gasteiger partial charge on any atom is 0.340 e. The van der Waals surface area contributed by atoms with Crippen molar-refractivity contribution in [2.24, 2.45) is 23.7 Å². The van der Waals surface area contributed by atoms with Crippen molar-refractivity contribution in [3.05, 3.63) is 35.5 Å². The number of ether oxygens (including phenoxy) is 3. The molecule has 3 aliphatic rings. The van der Waals surface area contributed by atoms with Crippen LogP contribution in [0.1, 0.15) is 47.5 Å². The fourth-order valence-electron chi connectivity index (χ4n) is 5.49. The van der Waals surface area contributed by atoms with Crippen LogP contribution < -0.4 is 0 Å². The highest BCUT2D eigenvalue weighted by Crippen LogP contribution is 2.55. The number of allylic oxidation sites excluding steroid dienone is 2. The summed E-state index contributed by atoms with van der Waals surface area (Å²) in [6.45, 7) is 15.6. The number of hydrogen-bond donors (Lipinski definition) is 1. The molecule has 0 amide bonds. The molecular weight excluding hydrogens is 416 g/mol. The molecule has 0 aromatic rings. The molecule has 0 radical (unpaired) electrons. The van der Waals surface area contributed by atoms with Gasteiger partial charge < -0.3 is 19.3 Å². The predicted molar refractivity (Wildman–Crippen MR) is 122 cm³/mol. The molecular formula is C25H37ClO5. The lowest BCUT2D eigenvalue weighted by atomic mass is 9.75. The second-order valence-corrected chi connectivity index (χ2v) is 10.2. The van der Waals surface area contributed by atoms with E-state index in [2.05, 4.69) is 33.4 Å². The number of hydrogen-bond acceptors (Lipinski definition) is 5. The number of carbonyl (C=O) groups is 1. The third kappa shape index (κ3) is 4.80. The van der Waals surface area contributed by atoms with Crippen molar-refractivity contribution >= 4 is 17.6 Å². The van der Waals surface area contributed by atoms with Crippen LogP contribution in [-0.4, -0.2) is 54.1 Å². The highest BCUT2D eigenvalue weighted by atomic mass is 35.5. The van der Waals surface area contributed by atoms with Crippen molar-refractivity contribution in [2.75, 3.05) is 19.1 Å². The maximum atomic E-state index is 12.8. The number of carbonyl (C=O) groups excluding carboxylic acids is 1. The van der Waals surface area contributed by atoms with Crippen LogP contribution in [0.3, 0.4) is 0 Å². The van der Waals surface area contributed by atoms with E-state index in [1.54, 1.807) is 0 Å². The summed E-state index contributed by atoms with van der Waals surface area (Å²) in [6, 6.07) is 0. The van der Waals surface area contributed by atoms with Crippen molar-refractivity contribution in [2.45, 2.75) is 71.4 Å². The highest BCUT2D eigenvalue weighted by Gasteiger charge is 2.65. The molecule has 1 aliphatic heterocycles. The van der Waals surface area contributed by atoms with Gasteiger partial charge in [0.1, 0.15) is 6.10 Å². The minimum absolute atomic E-state index is 0.0208. The van der Waals surface area contributed by atoms with Crippen molar-refractivity contribution in [3.8, 4) is 0 Å². The molecule has 0 aromatic heterocycles. The first-order valence-electron chi connectivity index (χ1n) is 11.3. The highest BCUT2D eigenvalue weighted by molar-refractivity contribution is 6.20. The minimum atomic E-state index is -1.75. The van der Waals surface area contributed by atoms with Crippen molar-refractivity contribution in [1.29, 1.82) is 0 Å². The van der Waals surface area contributed by atoms with Gasteiger partial charge in [-0.1, -0.05) is 42.4 Å². The number of alkyl halides is 1. The number of aliphatic hydroxyl groups is 1. The summed E-state index contributed by atoms with van der Waals surface area (Å²) in [5.41, 5.74) is 1.70. The molecule has 0 aromatic carbocycles. The van der Waals surface area contributed by atoms with Gasteiger partial charge in [-0.15, -0.1) is 11.6 Å². The summed E-state index contributed by atoms with van der Waals surface area (Å²) in [5, 5.41) is 11.3. The molecule has 8 atom stereocenters. The first kappa shape index (κ1) is 24.5. The van der Waals surface area contributed by atoms with Crippen molar-refractivity contribution < 1.29 is 24.1 Å². The Morgan fingerprint density at radius 1 is 1.19 bits per heavy atom. The van der Waals surface area contributed by atoms with E-state index in [1.807, 2.05) is 19.9 Å². The molecule has 1 N–H and O–H groups in total. The lowest BCUT2D eigenvalue weighted by Crippen LogP contribution is -2.51. The number of esters is 1. The first-order chi connectivity index (χ1) is 14.6. The molecule has 6 heteroatoms. The first-order valence-corrected chi connectivity index (χ1v) is 11.8. The lowest BCUT2D eigenvalue weighted by Gasteiger charge is -2.34. The normalized spacial score (nSPS) is 39.4. The Balaban J connectivity index is 1.90. The predicted octanol–water partition coefficient (Wildman–Crippen LogP) is 4.43. The van der Waals surface area contributed by atoms with Gasteiger partial charge in [-0.05, 0) is 52.4 Å². The van der Waals surface area contributed by atoms with Crippen LogP contribution in [0, 0.1) is 23.7 Å². The Bertz CT molecular complexity index is 751. The van der Waals surface area contributed by atoms with Gasteiger partial charge in [0.2, 0.25) is 0 Å². The van der Waals surface area contributed by atoms with E-state index >= 15 is 0 Å². The van der Waals surface area contributed by atoms with E-state index in [9.17, 15) is 9.90 Å². The molecule has 31 heavy (non-hydrogen) atoms. The van der Waals surface area contributed by atoms with Crippen LogP contribution in [0.25, 0.3) is 0 Å². The SMILES string of the molecule is C=C1CC(OCC=C(C)C)C2C(OC(=O)C2(O)CCl)C2C1CC(OCC=C(C)C)C2C. The van der Waals surface area contributed by atoms with Crippen LogP contribution in [0.4, 0.5) is 0 Å². The molecule has 2 saturated carbocycles. The zero-order valence-corrected chi connectivity index (χ0v) is 20.2. The van der Waals surface area contributed by atoms with Gasteiger partial charge in [0.05, 0.1) is 37.2 Å². The standard InChI is InChI=1S/C25H37ClO5/c1-14(2)7-9-29-19-12-18-16(5)11-20(30-10-8-15(3)4)22-23(21(18)17(19)6)31-24(27)25(22,28)13-26/h7-8,17-23,28H,5,9-13H2,1-4,6H3. The molecule has 2 aliphatic carbocycles. The Labute approximate surface area is 191 Å². The fourth-order valence-corrected chi connectivity index (χ4v) is 5.77. The van der Waals surface area contributed by atoms with Gasteiger partial charge in [-0.2, -0.15) is 0 Å². The van der Waals surface area contributed by atoms with E-state index in [1.165, 1.54) is 5.57 Å². The average molecular weight is 453 g/mol. The lowest BCUT2D eigenvalue weighted by molar-refractivity contribution is -0.156. The van der Waals surface area contributed by atoms with Gasteiger partial charge >= 0.3 is 5.97 Å². The summed E-state index contributed by atoms with van der Waals surface area (Å²) in [5.74, 6) is -1.06. The Morgan fingerprint density at radius 2 is 1.77 bits per heavy atom. The van der Waals surface area contributed by atoms with E-state index in [-0.39, 0.29) is 35.8 Å². The summed E-state index contributed by atoms with van der Waals surface area (Å²) in [4.78, 5) is 12.8. The Hall–Kier alpha value is -1.14. The summed E-state index contributed by atoms with van der Waals surface area (Å²) in [7, 11) is 0. The largest absolute Gasteiger partial charge is 0.459 e. The Morgan fingerprint density at radius 3 is 2.32 bits per heavy atom. The second-order valence-electron chi connectivity index (χ2n) is 9.90. The molecule has 1 saturated heterocycles. The zero-order chi connectivity index (χ0) is 22.9. The molecule has 5 nitrogen and oxygen atoms in total. The van der Waals surface area contributed by atoms with E-state index < -0.39 is 23.6 Å². The Kier molecular flexibility index (Phi) is 7.73. The molecule has 0 spiro atoms. The molecule has 8 unspecified atom stereocenters. The molecule has 0 bridgehead atoms. The van der Waals surface area contributed by atoms with E-state index in [0.717, 1.165) is 17.6 Å². The third-order valence-electron chi connectivity index (χ3n) is 7.22. The van der Waals surface area contributed by atoms with Crippen LogP contribution in [0.5, 0.6) is 0 Å². The topological polar surface area (TPSA) is 65.0 Å². The van der Waals surface area contributed by atoms with Gasteiger partial charge in [0.25, 0.3) is 0 Å². The quantitative estimate of drug-likeness (QED) is 0.351. The number of halogens is 1. The van der Waals surface area contributed by atoms with Crippen LogP contribution in [0.2, 0.25) is 0 Å². The monoisotopic (exact) mass is 452 g/mol. The minimum Gasteiger partial charge on any atom is -0.459 e. The summed E-state index contributed by atoms with van der Waals surface area (Å²) in [6.07, 6.45) is 4.68.